The standard InChI is InChI=1S/C7H11NO2/c9-8(10)7-5-3-1-2-4-6-7/h5H,1-4,6H2. The fraction of sp³-hybridized carbons (Fsp3) is 0.714. The fourth-order valence-electron chi connectivity index (χ4n) is 1.16. The summed E-state index contributed by atoms with van der Waals surface area (Å²) >= 11 is 0. The molecule has 0 radical (unpaired) electrons. The maximum absolute atomic E-state index is 10.2. The summed E-state index contributed by atoms with van der Waals surface area (Å²) in [6.45, 7) is 0. The normalized spacial score (nSPS) is 19.4. The average molecular weight is 141 g/mol. The Morgan fingerprint density at radius 2 is 2.20 bits per heavy atom. The smallest absolute Gasteiger partial charge is 0.242 e. The van der Waals surface area contributed by atoms with Crippen molar-refractivity contribution in [2.24, 2.45) is 0 Å². The van der Waals surface area contributed by atoms with Crippen LogP contribution in [0.25, 0.3) is 0 Å². The molecule has 0 saturated heterocycles. The first-order valence-corrected chi connectivity index (χ1v) is 3.64. The van der Waals surface area contributed by atoms with Gasteiger partial charge in [-0.25, -0.2) is 0 Å². The van der Waals surface area contributed by atoms with Crippen molar-refractivity contribution in [3.8, 4) is 0 Å². The van der Waals surface area contributed by atoms with E-state index in [9.17, 15) is 10.1 Å². The van der Waals surface area contributed by atoms with Crippen molar-refractivity contribution in [2.45, 2.75) is 32.1 Å². The molecule has 3 heteroatoms. The van der Waals surface area contributed by atoms with Crippen LogP contribution in [0.15, 0.2) is 11.8 Å². The number of allylic oxidation sites excluding steroid dienone is 2. The molecule has 0 unspecified atom stereocenters. The van der Waals surface area contributed by atoms with Crippen molar-refractivity contribution in [2.75, 3.05) is 0 Å². The van der Waals surface area contributed by atoms with E-state index in [1.165, 1.54) is 0 Å². The van der Waals surface area contributed by atoms with Gasteiger partial charge in [-0.05, 0) is 25.3 Å². The molecule has 0 aromatic heterocycles. The van der Waals surface area contributed by atoms with Gasteiger partial charge >= 0.3 is 0 Å². The molecule has 0 heterocycles. The van der Waals surface area contributed by atoms with E-state index in [1.54, 1.807) is 6.08 Å². The molecule has 56 valence electrons. The second-order valence-electron chi connectivity index (χ2n) is 2.55. The molecule has 0 N–H and O–H groups in total. The second-order valence-corrected chi connectivity index (χ2v) is 2.55. The van der Waals surface area contributed by atoms with Gasteiger partial charge in [-0.15, -0.1) is 0 Å². The quantitative estimate of drug-likeness (QED) is 0.414. The minimum atomic E-state index is -0.259. The van der Waals surface area contributed by atoms with E-state index < -0.39 is 0 Å². The van der Waals surface area contributed by atoms with E-state index in [2.05, 4.69) is 0 Å². The second kappa shape index (κ2) is 3.34. The van der Waals surface area contributed by atoms with Crippen LogP contribution in [0.5, 0.6) is 0 Å². The molecule has 0 saturated carbocycles. The lowest BCUT2D eigenvalue weighted by Gasteiger charge is -1.91. The largest absolute Gasteiger partial charge is 0.259 e. The van der Waals surface area contributed by atoms with Crippen LogP contribution in [-0.2, 0) is 0 Å². The van der Waals surface area contributed by atoms with Gasteiger partial charge in [-0.3, -0.25) is 10.1 Å². The Kier molecular flexibility index (Phi) is 2.42. The monoisotopic (exact) mass is 141 g/mol. The van der Waals surface area contributed by atoms with E-state index in [1.807, 2.05) is 0 Å². The number of hydrogen-bond donors (Lipinski definition) is 0. The van der Waals surface area contributed by atoms with Gasteiger partial charge < -0.3 is 0 Å². The van der Waals surface area contributed by atoms with Crippen molar-refractivity contribution in [1.29, 1.82) is 0 Å². The van der Waals surface area contributed by atoms with Crippen LogP contribution >= 0.6 is 0 Å². The summed E-state index contributed by atoms with van der Waals surface area (Å²) in [5.74, 6) is 0. The molecule has 1 rings (SSSR count). The van der Waals surface area contributed by atoms with Crippen LogP contribution in [0.2, 0.25) is 0 Å². The summed E-state index contributed by atoms with van der Waals surface area (Å²) in [6.07, 6.45) is 6.52. The maximum atomic E-state index is 10.2. The topological polar surface area (TPSA) is 43.1 Å². The van der Waals surface area contributed by atoms with Crippen LogP contribution in [0.1, 0.15) is 32.1 Å². The van der Waals surface area contributed by atoms with Crippen molar-refractivity contribution in [1.82, 2.24) is 0 Å². The fourth-order valence-corrected chi connectivity index (χ4v) is 1.16. The van der Waals surface area contributed by atoms with Crippen molar-refractivity contribution < 1.29 is 4.92 Å². The Labute approximate surface area is 59.9 Å². The molecular formula is C7H11NO2. The average Bonchev–Trinajstić information content (AvgIpc) is 2.12. The third-order valence-electron chi connectivity index (χ3n) is 1.75. The zero-order valence-electron chi connectivity index (χ0n) is 5.88. The number of nitrogens with zero attached hydrogens (tertiary/aromatic N) is 1. The Morgan fingerprint density at radius 1 is 1.40 bits per heavy atom. The molecule has 0 aromatic carbocycles. The maximum Gasteiger partial charge on any atom is 0.242 e. The molecule has 0 amide bonds. The van der Waals surface area contributed by atoms with Gasteiger partial charge in [0.25, 0.3) is 0 Å². The molecule has 10 heavy (non-hydrogen) atoms. The van der Waals surface area contributed by atoms with Gasteiger partial charge in [0.05, 0.1) is 4.92 Å². The van der Waals surface area contributed by atoms with E-state index in [0.717, 1.165) is 25.7 Å². The lowest BCUT2D eigenvalue weighted by molar-refractivity contribution is -0.428. The van der Waals surface area contributed by atoms with E-state index in [4.69, 9.17) is 0 Å². The van der Waals surface area contributed by atoms with E-state index >= 15 is 0 Å². The minimum Gasteiger partial charge on any atom is -0.259 e. The third kappa shape index (κ3) is 1.83. The Morgan fingerprint density at radius 3 is 2.90 bits per heavy atom. The molecule has 1 aliphatic rings. The van der Waals surface area contributed by atoms with Crippen LogP contribution in [0.4, 0.5) is 0 Å². The molecule has 0 fully saturated rings. The molecule has 1 aliphatic carbocycles. The molecule has 0 atom stereocenters. The number of nitro groups is 1. The third-order valence-corrected chi connectivity index (χ3v) is 1.75. The first kappa shape index (κ1) is 7.25. The van der Waals surface area contributed by atoms with Gasteiger partial charge in [0.2, 0.25) is 5.70 Å². The first-order chi connectivity index (χ1) is 4.80. The van der Waals surface area contributed by atoms with Gasteiger partial charge in [0.1, 0.15) is 0 Å². The summed E-state index contributed by atoms with van der Waals surface area (Å²) in [7, 11) is 0. The van der Waals surface area contributed by atoms with Gasteiger partial charge in [-0.2, -0.15) is 0 Å². The first-order valence-electron chi connectivity index (χ1n) is 3.64. The van der Waals surface area contributed by atoms with Crippen molar-refractivity contribution >= 4 is 0 Å². The van der Waals surface area contributed by atoms with Gasteiger partial charge in [-0.1, -0.05) is 6.42 Å². The SMILES string of the molecule is O=[N+]([O-])C1=CCCCCC1. The van der Waals surface area contributed by atoms with Crippen LogP contribution in [-0.4, -0.2) is 4.92 Å². The lowest BCUT2D eigenvalue weighted by Crippen LogP contribution is -1.96. The number of rotatable bonds is 1. The summed E-state index contributed by atoms with van der Waals surface area (Å²) in [6, 6.07) is 0. The molecule has 0 bridgehead atoms. The van der Waals surface area contributed by atoms with E-state index in [0.29, 0.717) is 12.1 Å². The lowest BCUT2D eigenvalue weighted by atomic mass is 10.2. The number of hydrogen-bond acceptors (Lipinski definition) is 2. The highest BCUT2D eigenvalue weighted by Gasteiger charge is 2.11. The summed E-state index contributed by atoms with van der Waals surface area (Å²) in [5, 5.41) is 10.2. The Balaban J connectivity index is 2.54. The molecule has 0 aliphatic heterocycles. The molecule has 3 nitrogen and oxygen atoms in total. The zero-order chi connectivity index (χ0) is 7.40. The van der Waals surface area contributed by atoms with Crippen molar-refractivity contribution in [3.05, 3.63) is 21.9 Å². The molecule has 0 spiro atoms. The summed E-state index contributed by atoms with van der Waals surface area (Å²) < 4.78 is 0. The molecular weight excluding hydrogens is 130 g/mol. The highest BCUT2D eigenvalue weighted by Crippen LogP contribution is 2.16. The highest BCUT2D eigenvalue weighted by atomic mass is 16.6. The minimum absolute atomic E-state index is 0.259. The summed E-state index contributed by atoms with van der Waals surface area (Å²) in [5.41, 5.74) is 0.414. The Bertz CT molecular complexity index is 163. The Hall–Kier alpha value is -0.860. The van der Waals surface area contributed by atoms with Crippen LogP contribution < -0.4 is 0 Å². The predicted octanol–water partition coefficient (Wildman–Crippen LogP) is 2.11. The predicted molar refractivity (Wildman–Crippen MR) is 38.2 cm³/mol. The van der Waals surface area contributed by atoms with Crippen molar-refractivity contribution in [3.63, 3.8) is 0 Å². The van der Waals surface area contributed by atoms with E-state index in [-0.39, 0.29) is 4.92 Å². The van der Waals surface area contributed by atoms with Crippen LogP contribution in [0.3, 0.4) is 0 Å². The summed E-state index contributed by atoms with van der Waals surface area (Å²) in [4.78, 5) is 9.99. The van der Waals surface area contributed by atoms with Gasteiger partial charge in [0.15, 0.2) is 0 Å². The van der Waals surface area contributed by atoms with Gasteiger partial charge in [0, 0.05) is 6.42 Å². The van der Waals surface area contributed by atoms with Crippen LogP contribution in [0, 0.1) is 10.1 Å². The zero-order valence-corrected chi connectivity index (χ0v) is 5.88. The highest BCUT2D eigenvalue weighted by molar-refractivity contribution is 4.93. The molecule has 0 aromatic rings.